The van der Waals surface area contributed by atoms with E-state index in [4.69, 9.17) is 0 Å². The summed E-state index contributed by atoms with van der Waals surface area (Å²) in [5.41, 5.74) is 2.03. The van der Waals surface area contributed by atoms with Crippen LogP contribution in [0.15, 0.2) is 48.5 Å². The second-order valence-corrected chi connectivity index (χ2v) is 7.83. The van der Waals surface area contributed by atoms with Gasteiger partial charge in [-0.3, -0.25) is 0 Å². The first kappa shape index (κ1) is 16.7. The van der Waals surface area contributed by atoms with Crippen molar-refractivity contribution in [1.82, 2.24) is 5.32 Å². The summed E-state index contributed by atoms with van der Waals surface area (Å²) in [5, 5.41) is 3.77. The van der Waals surface area contributed by atoms with Crippen LogP contribution in [0, 0.1) is 29.4 Å². The second-order valence-electron chi connectivity index (χ2n) is 7.83. The molecule has 2 fully saturated rings. The van der Waals surface area contributed by atoms with Gasteiger partial charge in [-0.25, -0.2) is 8.78 Å². The van der Waals surface area contributed by atoms with Crippen LogP contribution >= 0.6 is 0 Å². The summed E-state index contributed by atoms with van der Waals surface area (Å²) < 4.78 is 26.7. The van der Waals surface area contributed by atoms with Crippen LogP contribution < -0.4 is 5.32 Å². The van der Waals surface area contributed by atoms with Crippen molar-refractivity contribution in [2.75, 3.05) is 0 Å². The lowest BCUT2D eigenvalue weighted by Crippen LogP contribution is -2.39. The van der Waals surface area contributed by atoms with Gasteiger partial charge in [0.05, 0.1) is 6.04 Å². The third-order valence-corrected chi connectivity index (χ3v) is 6.27. The molecule has 4 atom stereocenters. The van der Waals surface area contributed by atoms with Crippen LogP contribution in [0.3, 0.4) is 0 Å². The van der Waals surface area contributed by atoms with Gasteiger partial charge >= 0.3 is 0 Å². The Bertz CT molecular complexity index is 664. The van der Waals surface area contributed by atoms with Crippen molar-refractivity contribution in [3.63, 3.8) is 0 Å². The molecule has 1 nitrogen and oxygen atoms in total. The fourth-order valence-electron chi connectivity index (χ4n) is 4.99. The highest BCUT2D eigenvalue weighted by atomic mass is 19.1. The van der Waals surface area contributed by atoms with Gasteiger partial charge in [-0.15, -0.1) is 0 Å². The van der Waals surface area contributed by atoms with Gasteiger partial charge in [0.1, 0.15) is 11.6 Å². The predicted molar refractivity (Wildman–Crippen MR) is 96.2 cm³/mol. The Morgan fingerprint density at radius 2 is 1.40 bits per heavy atom. The number of benzene rings is 2. The Hall–Kier alpha value is -1.74. The summed E-state index contributed by atoms with van der Waals surface area (Å²) >= 11 is 0. The van der Waals surface area contributed by atoms with Gasteiger partial charge in [-0.2, -0.15) is 0 Å². The van der Waals surface area contributed by atoms with Crippen molar-refractivity contribution in [3.05, 3.63) is 71.3 Å². The Labute approximate surface area is 148 Å². The summed E-state index contributed by atoms with van der Waals surface area (Å²) in [6.07, 6.45) is 5.46. The van der Waals surface area contributed by atoms with Crippen LogP contribution in [-0.2, 0) is 0 Å². The Balaban J connectivity index is 1.58. The molecule has 25 heavy (non-hydrogen) atoms. The van der Waals surface area contributed by atoms with Gasteiger partial charge in [-0.05, 0) is 79.3 Å². The molecule has 2 aromatic carbocycles. The molecule has 0 spiro atoms. The summed E-state index contributed by atoms with van der Waals surface area (Å²) in [7, 11) is 0. The molecule has 2 saturated carbocycles. The largest absolute Gasteiger partial charge is 0.303 e. The van der Waals surface area contributed by atoms with E-state index in [0.29, 0.717) is 12.0 Å². The molecular formula is C22H25F2N. The molecule has 0 unspecified atom stereocenters. The van der Waals surface area contributed by atoms with Crippen molar-refractivity contribution in [3.8, 4) is 0 Å². The van der Waals surface area contributed by atoms with Crippen LogP contribution in [0.1, 0.15) is 49.8 Å². The molecular weight excluding hydrogens is 316 g/mol. The van der Waals surface area contributed by atoms with Gasteiger partial charge in [0, 0.05) is 6.04 Å². The quantitative estimate of drug-likeness (QED) is 0.760. The van der Waals surface area contributed by atoms with E-state index in [2.05, 4.69) is 12.2 Å². The Morgan fingerprint density at radius 3 is 1.84 bits per heavy atom. The zero-order chi connectivity index (χ0) is 17.4. The first-order chi connectivity index (χ1) is 12.1. The van der Waals surface area contributed by atoms with E-state index in [0.717, 1.165) is 23.0 Å². The smallest absolute Gasteiger partial charge is 0.123 e. The van der Waals surface area contributed by atoms with Gasteiger partial charge in [0.2, 0.25) is 0 Å². The molecule has 2 aliphatic carbocycles. The molecule has 0 aromatic heterocycles. The minimum absolute atomic E-state index is 0.0460. The molecule has 0 saturated heterocycles. The molecule has 0 aliphatic heterocycles. The molecule has 1 N–H and O–H groups in total. The molecule has 0 amide bonds. The summed E-state index contributed by atoms with van der Waals surface area (Å²) in [6, 6.07) is 13.6. The van der Waals surface area contributed by atoms with Crippen LogP contribution in [0.4, 0.5) is 8.78 Å². The van der Waals surface area contributed by atoms with Gasteiger partial charge in [0.25, 0.3) is 0 Å². The third kappa shape index (κ3) is 3.48. The van der Waals surface area contributed by atoms with E-state index in [-0.39, 0.29) is 17.7 Å². The predicted octanol–water partition coefficient (Wildman–Crippen LogP) is 5.47. The van der Waals surface area contributed by atoms with E-state index >= 15 is 0 Å². The van der Waals surface area contributed by atoms with Crippen LogP contribution in [0.5, 0.6) is 0 Å². The lowest BCUT2D eigenvalue weighted by atomic mass is 9.83. The molecule has 2 aromatic rings. The van der Waals surface area contributed by atoms with Crippen LogP contribution in [0.2, 0.25) is 0 Å². The van der Waals surface area contributed by atoms with Crippen molar-refractivity contribution >= 4 is 0 Å². The van der Waals surface area contributed by atoms with Crippen LogP contribution in [-0.4, -0.2) is 6.04 Å². The fraction of sp³-hybridized carbons (Fsp3) is 0.455. The zero-order valence-electron chi connectivity index (χ0n) is 14.6. The molecule has 2 bridgehead atoms. The maximum absolute atomic E-state index is 13.3. The number of hydrogen-bond acceptors (Lipinski definition) is 1. The highest BCUT2D eigenvalue weighted by Gasteiger charge is 2.42. The number of halogens is 2. The van der Waals surface area contributed by atoms with E-state index in [1.54, 1.807) is 0 Å². The van der Waals surface area contributed by atoms with Crippen molar-refractivity contribution < 1.29 is 8.78 Å². The van der Waals surface area contributed by atoms with Crippen molar-refractivity contribution in [1.29, 1.82) is 0 Å². The van der Waals surface area contributed by atoms with Crippen molar-refractivity contribution in [2.24, 2.45) is 17.8 Å². The van der Waals surface area contributed by atoms with Crippen LogP contribution in [0.25, 0.3) is 0 Å². The van der Waals surface area contributed by atoms with E-state index < -0.39 is 0 Å². The van der Waals surface area contributed by atoms with Gasteiger partial charge < -0.3 is 5.32 Å². The number of nitrogens with one attached hydrogen (secondary N) is 1. The minimum atomic E-state index is -0.234. The molecule has 4 rings (SSSR count). The first-order valence-electron chi connectivity index (χ1n) is 9.37. The molecule has 0 radical (unpaired) electrons. The maximum Gasteiger partial charge on any atom is 0.123 e. The third-order valence-electron chi connectivity index (χ3n) is 6.27. The van der Waals surface area contributed by atoms with E-state index in [1.165, 1.54) is 49.9 Å². The summed E-state index contributed by atoms with van der Waals surface area (Å²) in [6.45, 7) is 2.27. The van der Waals surface area contributed by atoms with Gasteiger partial charge in [0.15, 0.2) is 0 Å². The summed E-state index contributed by atoms with van der Waals surface area (Å²) in [5.74, 6) is 2.00. The average molecular weight is 341 g/mol. The summed E-state index contributed by atoms with van der Waals surface area (Å²) in [4.78, 5) is 0. The molecule has 3 heteroatoms. The Kier molecular flexibility index (Phi) is 4.60. The normalized spacial score (nSPS) is 26.3. The monoisotopic (exact) mass is 341 g/mol. The highest BCUT2D eigenvalue weighted by Crippen LogP contribution is 2.49. The zero-order valence-corrected chi connectivity index (χ0v) is 14.6. The fourth-order valence-corrected chi connectivity index (χ4v) is 4.99. The SMILES string of the molecule is C[C@H](NC(c1ccc(F)cc1)c1ccc(F)cc1)[C@@H]1C[C@H]2CC[C@H]1C2. The molecule has 2 aliphatic rings. The first-order valence-corrected chi connectivity index (χ1v) is 9.37. The Morgan fingerprint density at radius 1 is 0.840 bits per heavy atom. The maximum atomic E-state index is 13.3. The lowest BCUT2D eigenvalue weighted by Gasteiger charge is -2.32. The average Bonchev–Trinajstić information content (AvgIpc) is 3.25. The second kappa shape index (κ2) is 6.87. The highest BCUT2D eigenvalue weighted by molar-refractivity contribution is 5.32. The van der Waals surface area contributed by atoms with E-state index in [1.807, 2.05) is 24.3 Å². The van der Waals surface area contributed by atoms with Gasteiger partial charge in [-0.1, -0.05) is 30.7 Å². The topological polar surface area (TPSA) is 12.0 Å². The molecule has 0 heterocycles. The number of rotatable bonds is 5. The van der Waals surface area contributed by atoms with E-state index in [9.17, 15) is 8.78 Å². The molecule has 132 valence electrons. The lowest BCUT2D eigenvalue weighted by molar-refractivity contribution is 0.252. The standard InChI is InChI=1S/C22H25F2N/c1-14(21-13-15-2-3-18(21)12-15)25-22(16-4-8-19(23)9-5-16)17-6-10-20(24)11-7-17/h4-11,14-15,18,21-22,25H,2-3,12-13H2,1H3/t14-,15-,18-,21-/m0/s1. The van der Waals surface area contributed by atoms with Crippen molar-refractivity contribution in [2.45, 2.75) is 44.7 Å². The number of fused-ring (bicyclic) bond motifs is 2. The number of hydrogen-bond donors (Lipinski definition) is 1. The minimum Gasteiger partial charge on any atom is -0.303 e.